The van der Waals surface area contributed by atoms with Gasteiger partial charge in [-0.3, -0.25) is 0 Å². The molecule has 8 aromatic carbocycles. The van der Waals surface area contributed by atoms with Crippen molar-refractivity contribution in [1.82, 2.24) is 0 Å². The van der Waals surface area contributed by atoms with Crippen molar-refractivity contribution in [2.75, 3.05) is 14.7 Å². The molecule has 0 radical (unpaired) electrons. The van der Waals surface area contributed by atoms with Crippen LogP contribution in [-0.2, 0) is 5.41 Å². The Morgan fingerprint density at radius 1 is 0.463 bits per heavy atom. The highest BCUT2D eigenvalue weighted by atomic mass is 15.2. The first-order chi connectivity index (χ1) is 32.5. The molecule has 4 heteroatoms. The third kappa shape index (κ3) is 7.40. The van der Waals surface area contributed by atoms with Gasteiger partial charge in [-0.1, -0.05) is 206 Å². The van der Waals surface area contributed by atoms with Crippen LogP contribution in [0.5, 0.6) is 0 Å². The molecule has 0 N–H and O–H groups in total. The fraction of sp³-hybridized carbons (Fsp3) is 0.175. The smallest absolute Gasteiger partial charge is 0.251 e. The molecule has 0 amide bonds. The summed E-state index contributed by atoms with van der Waals surface area (Å²) in [5.41, 5.74) is 22.3. The summed E-state index contributed by atoms with van der Waals surface area (Å²) in [5, 5.41) is 0. The van der Waals surface area contributed by atoms with Gasteiger partial charge in [0.1, 0.15) is 0 Å². The van der Waals surface area contributed by atoms with E-state index in [4.69, 9.17) is 0 Å². The zero-order valence-corrected chi connectivity index (χ0v) is 39.8. The zero-order chi connectivity index (χ0) is 46.0. The first kappa shape index (κ1) is 42.3. The van der Waals surface area contributed by atoms with Crippen molar-refractivity contribution in [1.29, 1.82) is 0 Å². The van der Waals surface area contributed by atoms with E-state index >= 15 is 0 Å². The molecule has 3 nitrogen and oxygen atoms in total. The lowest BCUT2D eigenvalue weighted by Gasteiger charge is -2.49. The van der Waals surface area contributed by atoms with Crippen LogP contribution in [0, 0.1) is 11.3 Å². The van der Waals surface area contributed by atoms with Gasteiger partial charge in [-0.15, -0.1) is 0 Å². The van der Waals surface area contributed by atoms with E-state index in [2.05, 4.69) is 269 Å². The third-order valence-electron chi connectivity index (χ3n) is 14.2. The van der Waals surface area contributed by atoms with Crippen LogP contribution in [0.1, 0.15) is 60.5 Å². The predicted molar refractivity (Wildman–Crippen MR) is 287 cm³/mol. The second-order valence-corrected chi connectivity index (χ2v) is 20.7. The molecule has 1 unspecified atom stereocenters. The Bertz CT molecular complexity index is 3160. The van der Waals surface area contributed by atoms with Gasteiger partial charge < -0.3 is 14.7 Å². The second kappa shape index (κ2) is 16.5. The van der Waals surface area contributed by atoms with Gasteiger partial charge in [-0.05, 0) is 111 Å². The molecule has 3 aliphatic rings. The first-order valence-corrected chi connectivity index (χ1v) is 24.0. The van der Waals surface area contributed by atoms with E-state index in [1.54, 1.807) is 0 Å². The standard InChI is InChI=1S/C63H58BN3/c1-43-38-47(63(5,6)7)40-54-61(43)67(56-35-23-21-33-52(56)45-26-14-9-15-27-45)59-42-50(65(48-28-16-10-17-29-48)49-30-18-11-19-31-49)41-58-60(59)64(54)53-39-46(62(2,3)4)36-37-57(53)66(58)55-34-22-20-32-51(55)44-24-12-8-13-25-44/h8-37,39-43H,38H2,1-7H3. The van der Waals surface area contributed by atoms with Crippen LogP contribution in [0.3, 0.4) is 0 Å². The van der Waals surface area contributed by atoms with E-state index < -0.39 is 0 Å². The van der Waals surface area contributed by atoms with Crippen molar-refractivity contribution >= 4 is 63.1 Å². The Morgan fingerprint density at radius 3 is 1.46 bits per heavy atom. The van der Waals surface area contributed by atoms with Gasteiger partial charge in [0.05, 0.1) is 17.1 Å². The van der Waals surface area contributed by atoms with E-state index in [1.807, 2.05) is 0 Å². The molecular formula is C63H58BN3. The predicted octanol–water partition coefficient (Wildman–Crippen LogP) is 16.1. The second-order valence-electron chi connectivity index (χ2n) is 20.7. The van der Waals surface area contributed by atoms with Crippen LogP contribution in [0.4, 0.5) is 45.5 Å². The quantitative estimate of drug-likeness (QED) is 0.148. The summed E-state index contributed by atoms with van der Waals surface area (Å²) in [6, 6.07) is 74.1. The molecule has 8 aromatic rings. The van der Waals surface area contributed by atoms with Gasteiger partial charge in [0.2, 0.25) is 0 Å². The molecule has 1 aliphatic carbocycles. The highest BCUT2D eigenvalue weighted by Gasteiger charge is 2.48. The Kier molecular flexibility index (Phi) is 10.5. The largest absolute Gasteiger partial charge is 0.314 e. The number of rotatable bonds is 7. The normalized spacial score (nSPS) is 15.4. The number of anilines is 8. The number of allylic oxidation sites excluding steroid dienone is 4. The summed E-state index contributed by atoms with van der Waals surface area (Å²) in [5.74, 6) is 0.240. The van der Waals surface area contributed by atoms with Crippen LogP contribution in [-0.4, -0.2) is 6.71 Å². The molecule has 67 heavy (non-hydrogen) atoms. The monoisotopic (exact) mass is 867 g/mol. The lowest BCUT2D eigenvalue weighted by molar-refractivity contribution is 0.452. The molecule has 0 saturated heterocycles. The summed E-state index contributed by atoms with van der Waals surface area (Å²) < 4.78 is 0. The molecule has 2 heterocycles. The number of fused-ring (bicyclic) bond motifs is 3. The lowest BCUT2D eigenvalue weighted by Crippen LogP contribution is -2.57. The molecule has 0 spiro atoms. The number of hydrogen-bond donors (Lipinski definition) is 0. The molecule has 328 valence electrons. The Morgan fingerprint density at radius 2 is 0.940 bits per heavy atom. The summed E-state index contributed by atoms with van der Waals surface area (Å²) >= 11 is 0. The van der Waals surface area contributed by atoms with Gasteiger partial charge >= 0.3 is 0 Å². The first-order valence-electron chi connectivity index (χ1n) is 24.0. The zero-order valence-electron chi connectivity index (χ0n) is 39.8. The average Bonchev–Trinajstić information content (AvgIpc) is 3.34. The van der Waals surface area contributed by atoms with Crippen LogP contribution >= 0.6 is 0 Å². The van der Waals surface area contributed by atoms with E-state index in [1.165, 1.54) is 78.2 Å². The maximum Gasteiger partial charge on any atom is 0.251 e. The minimum atomic E-state index is -0.0561. The van der Waals surface area contributed by atoms with Crippen molar-refractivity contribution in [2.24, 2.45) is 11.3 Å². The Balaban J connectivity index is 1.32. The van der Waals surface area contributed by atoms with Crippen molar-refractivity contribution in [3.63, 3.8) is 0 Å². The molecule has 2 aliphatic heterocycles. The molecule has 0 saturated carbocycles. The Hall–Kier alpha value is -7.30. The number of nitrogens with zero attached hydrogens (tertiary/aromatic N) is 3. The summed E-state index contributed by atoms with van der Waals surface area (Å²) in [6.07, 6.45) is 3.62. The highest BCUT2D eigenvalue weighted by molar-refractivity contribution is 6.95. The summed E-state index contributed by atoms with van der Waals surface area (Å²) in [4.78, 5) is 7.73. The third-order valence-corrected chi connectivity index (χ3v) is 14.2. The average molecular weight is 868 g/mol. The van der Waals surface area contributed by atoms with Crippen LogP contribution in [0.25, 0.3) is 22.3 Å². The minimum absolute atomic E-state index is 0.00378. The summed E-state index contributed by atoms with van der Waals surface area (Å²) in [6.45, 7) is 16.7. The SMILES string of the molecule is CC1CC(C(C)(C)C)=CC2=C1N(c1ccccc1-c1ccccc1)c1cc(N(c3ccccc3)c3ccccc3)cc3c1B2c1cc(C(C)(C)C)ccc1N3c1ccccc1-c1ccccc1. The molecular weight excluding hydrogens is 810 g/mol. The van der Waals surface area contributed by atoms with Crippen LogP contribution < -0.4 is 25.6 Å². The fourth-order valence-corrected chi connectivity index (χ4v) is 10.9. The topological polar surface area (TPSA) is 9.72 Å². The number of benzene rings is 8. The number of hydrogen-bond acceptors (Lipinski definition) is 3. The van der Waals surface area contributed by atoms with E-state index in [0.29, 0.717) is 0 Å². The van der Waals surface area contributed by atoms with E-state index in [0.717, 1.165) is 29.2 Å². The van der Waals surface area contributed by atoms with Crippen LogP contribution in [0.2, 0.25) is 0 Å². The van der Waals surface area contributed by atoms with Crippen molar-refractivity contribution in [3.05, 3.63) is 229 Å². The highest BCUT2D eigenvalue weighted by Crippen LogP contribution is 2.54. The van der Waals surface area contributed by atoms with Gasteiger partial charge in [0.25, 0.3) is 6.71 Å². The molecule has 0 aromatic heterocycles. The minimum Gasteiger partial charge on any atom is -0.314 e. The van der Waals surface area contributed by atoms with Gasteiger partial charge in [0.15, 0.2) is 0 Å². The lowest BCUT2D eigenvalue weighted by atomic mass is 9.32. The van der Waals surface area contributed by atoms with E-state index in [9.17, 15) is 0 Å². The van der Waals surface area contributed by atoms with Crippen LogP contribution in [0.15, 0.2) is 223 Å². The maximum absolute atomic E-state index is 2.69. The van der Waals surface area contributed by atoms with Crippen molar-refractivity contribution in [3.8, 4) is 22.3 Å². The fourth-order valence-electron chi connectivity index (χ4n) is 10.9. The number of para-hydroxylation sites is 4. The van der Waals surface area contributed by atoms with E-state index in [-0.39, 0.29) is 23.5 Å². The maximum atomic E-state index is 2.69. The van der Waals surface area contributed by atoms with Gasteiger partial charge in [-0.2, -0.15) is 0 Å². The molecule has 11 rings (SSSR count). The molecule has 1 atom stereocenters. The van der Waals surface area contributed by atoms with Crippen molar-refractivity contribution < 1.29 is 0 Å². The molecule has 0 fully saturated rings. The summed E-state index contributed by atoms with van der Waals surface area (Å²) in [7, 11) is 0. The van der Waals surface area contributed by atoms with Gasteiger partial charge in [-0.25, -0.2) is 0 Å². The Labute approximate surface area is 398 Å². The van der Waals surface area contributed by atoms with Gasteiger partial charge in [0, 0.05) is 45.3 Å². The van der Waals surface area contributed by atoms with Crippen molar-refractivity contribution in [2.45, 2.75) is 60.3 Å². The molecule has 0 bridgehead atoms.